The Morgan fingerprint density at radius 3 is 2.64 bits per heavy atom. The zero-order valence-electron chi connectivity index (χ0n) is 14.6. The van der Waals surface area contributed by atoms with E-state index < -0.39 is 0 Å². The minimum Gasteiger partial charge on any atom is -0.486 e. The molecule has 1 fully saturated rings. The molecule has 2 aliphatic heterocycles. The highest BCUT2D eigenvalue weighted by Gasteiger charge is 2.26. The van der Waals surface area contributed by atoms with Gasteiger partial charge in [-0.1, -0.05) is 17.0 Å². The van der Waals surface area contributed by atoms with Crippen LogP contribution in [0.15, 0.2) is 24.3 Å². The van der Waals surface area contributed by atoms with E-state index in [-0.39, 0.29) is 6.10 Å². The number of nitrogen functional groups attached to an aromatic ring is 1. The summed E-state index contributed by atoms with van der Waals surface area (Å²) in [5.74, 6) is 7.96. The average Bonchev–Trinajstić information content (AvgIpc) is 2.94. The Labute approximate surface area is 147 Å². The third-order valence-electron chi connectivity index (χ3n) is 5.11. The molecule has 1 aromatic carbocycles. The molecule has 0 aliphatic carbocycles. The Hall–Kier alpha value is -2.28. The summed E-state index contributed by atoms with van der Waals surface area (Å²) in [6.07, 6.45) is 3.40. The number of rotatable bonds is 4. The summed E-state index contributed by atoms with van der Waals surface area (Å²) in [6.45, 7) is 5.68. The highest BCUT2D eigenvalue weighted by molar-refractivity contribution is 5.40. The number of hydrogen-bond acceptors (Lipinski definition) is 6. The standard InChI is InChI=1S/C18H25N5O2/c1-13-16(21-23(19)20-13)10-14-6-8-22(9-7-14)11-15-12-24-17-4-2-3-5-18(17)25-15/h2-5,14-15H,6-12,19H2,1H3. The molecule has 1 atom stereocenters. The Morgan fingerprint density at radius 1 is 1.16 bits per heavy atom. The molecule has 7 heteroatoms. The topological polar surface area (TPSA) is 78.4 Å². The lowest BCUT2D eigenvalue weighted by atomic mass is 9.91. The van der Waals surface area contributed by atoms with Crippen LogP contribution in [0.25, 0.3) is 0 Å². The number of aryl methyl sites for hydroxylation is 1. The number of likely N-dealkylation sites (tertiary alicyclic amines) is 1. The van der Waals surface area contributed by atoms with Crippen LogP contribution in [0.2, 0.25) is 0 Å². The molecule has 2 aromatic rings. The Balaban J connectivity index is 1.26. The number of para-hydroxylation sites is 2. The lowest BCUT2D eigenvalue weighted by molar-refractivity contribution is 0.0477. The average molecular weight is 343 g/mol. The second kappa shape index (κ2) is 6.92. The van der Waals surface area contributed by atoms with Gasteiger partial charge in [0.05, 0.1) is 11.4 Å². The van der Waals surface area contributed by atoms with Crippen LogP contribution in [-0.2, 0) is 6.42 Å². The largest absolute Gasteiger partial charge is 0.486 e. The summed E-state index contributed by atoms with van der Waals surface area (Å²) >= 11 is 0. The van der Waals surface area contributed by atoms with E-state index in [1.807, 2.05) is 31.2 Å². The van der Waals surface area contributed by atoms with Gasteiger partial charge >= 0.3 is 0 Å². The SMILES string of the molecule is Cc1nn(N)nc1CC1CCN(CC2COc3ccccc3O2)CC1. The second-order valence-corrected chi connectivity index (χ2v) is 7.00. The number of benzene rings is 1. The van der Waals surface area contributed by atoms with E-state index in [1.165, 1.54) is 17.7 Å². The minimum absolute atomic E-state index is 0.103. The van der Waals surface area contributed by atoms with Gasteiger partial charge in [0.2, 0.25) is 0 Å². The lowest BCUT2D eigenvalue weighted by Gasteiger charge is -2.35. The second-order valence-electron chi connectivity index (χ2n) is 7.00. The maximum atomic E-state index is 6.07. The third kappa shape index (κ3) is 3.71. The van der Waals surface area contributed by atoms with Crippen LogP contribution in [0.5, 0.6) is 11.5 Å². The number of ether oxygens (including phenoxy) is 2. The molecule has 0 spiro atoms. The molecular formula is C18H25N5O2. The van der Waals surface area contributed by atoms with Crippen LogP contribution < -0.4 is 15.3 Å². The number of piperidine rings is 1. The highest BCUT2D eigenvalue weighted by atomic mass is 16.6. The summed E-state index contributed by atoms with van der Waals surface area (Å²) in [4.78, 5) is 3.66. The zero-order valence-corrected chi connectivity index (χ0v) is 14.6. The molecule has 7 nitrogen and oxygen atoms in total. The molecular weight excluding hydrogens is 318 g/mol. The van der Waals surface area contributed by atoms with Crippen LogP contribution in [0, 0.1) is 12.8 Å². The molecule has 4 rings (SSSR count). The first kappa shape index (κ1) is 16.2. The predicted octanol–water partition coefficient (Wildman–Crippen LogP) is 1.39. The van der Waals surface area contributed by atoms with Crippen molar-refractivity contribution in [2.75, 3.05) is 32.1 Å². The van der Waals surface area contributed by atoms with Crippen LogP contribution in [0.1, 0.15) is 24.2 Å². The van der Waals surface area contributed by atoms with E-state index in [0.29, 0.717) is 12.5 Å². The summed E-state index contributed by atoms with van der Waals surface area (Å²) in [5.41, 5.74) is 1.97. The zero-order chi connectivity index (χ0) is 17.2. The molecule has 1 unspecified atom stereocenters. The van der Waals surface area contributed by atoms with E-state index >= 15 is 0 Å². The maximum absolute atomic E-state index is 6.07. The Morgan fingerprint density at radius 2 is 1.92 bits per heavy atom. The van der Waals surface area contributed by atoms with Crippen LogP contribution in [-0.4, -0.2) is 52.3 Å². The molecule has 134 valence electrons. The molecule has 1 saturated heterocycles. The summed E-state index contributed by atoms with van der Waals surface area (Å²) < 4.78 is 11.9. The molecule has 0 saturated carbocycles. The number of aromatic nitrogens is 3. The monoisotopic (exact) mass is 343 g/mol. The molecule has 1 aromatic heterocycles. The maximum Gasteiger partial charge on any atom is 0.161 e. The smallest absolute Gasteiger partial charge is 0.161 e. The molecule has 2 aliphatic rings. The van der Waals surface area contributed by atoms with Crippen molar-refractivity contribution in [3.8, 4) is 11.5 Å². The number of nitrogens with zero attached hydrogens (tertiary/aromatic N) is 4. The van der Waals surface area contributed by atoms with Crippen molar-refractivity contribution in [1.29, 1.82) is 0 Å². The first-order valence-corrected chi connectivity index (χ1v) is 8.96. The third-order valence-corrected chi connectivity index (χ3v) is 5.11. The number of fused-ring (bicyclic) bond motifs is 1. The Kier molecular flexibility index (Phi) is 4.48. The van der Waals surface area contributed by atoms with E-state index in [9.17, 15) is 0 Å². The van der Waals surface area contributed by atoms with Crippen molar-refractivity contribution in [2.24, 2.45) is 5.92 Å². The van der Waals surface area contributed by atoms with E-state index in [4.69, 9.17) is 15.3 Å². The van der Waals surface area contributed by atoms with Gasteiger partial charge in [0, 0.05) is 6.54 Å². The van der Waals surface area contributed by atoms with E-state index in [0.717, 1.165) is 48.9 Å². The van der Waals surface area contributed by atoms with Crippen molar-refractivity contribution in [2.45, 2.75) is 32.3 Å². The van der Waals surface area contributed by atoms with Gasteiger partial charge < -0.3 is 15.3 Å². The van der Waals surface area contributed by atoms with Gasteiger partial charge in [-0.05, 0) is 57.3 Å². The van der Waals surface area contributed by atoms with Crippen molar-refractivity contribution in [1.82, 2.24) is 20.0 Å². The lowest BCUT2D eigenvalue weighted by Crippen LogP contribution is -2.44. The fourth-order valence-corrected chi connectivity index (χ4v) is 3.71. The van der Waals surface area contributed by atoms with Gasteiger partial charge in [-0.2, -0.15) is 0 Å². The van der Waals surface area contributed by atoms with Gasteiger partial charge in [-0.25, -0.2) is 0 Å². The minimum atomic E-state index is 0.103. The predicted molar refractivity (Wildman–Crippen MR) is 94.1 cm³/mol. The molecule has 0 bridgehead atoms. The fourth-order valence-electron chi connectivity index (χ4n) is 3.71. The number of hydrogen-bond donors (Lipinski definition) is 1. The van der Waals surface area contributed by atoms with Gasteiger partial charge in [0.25, 0.3) is 0 Å². The molecule has 0 amide bonds. The van der Waals surface area contributed by atoms with Crippen LogP contribution >= 0.6 is 0 Å². The highest BCUT2D eigenvalue weighted by Crippen LogP contribution is 2.31. The Bertz CT molecular complexity index is 724. The number of nitrogens with two attached hydrogens (primary N) is 1. The van der Waals surface area contributed by atoms with Gasteiger partial charge in [-0.3, -0.25) is 4.90 Å². The summed E-state index contributed by atoms with van der Waals surface area (Å²) in [6, 6.07) is 7.88. The van der Waals surface area contributed by atoms with Crippen LogP contribution in [0.4, 0.5) is 0 Å². The molecule has 0 radical (unpaired) electrons. The normalized spacial score (nSPS) is 21.4. The van der Waals surface area contributed by atoms with Crippen LogP contribution in [0.3, 0.4) is 0 Å². The quantitative estimate of drug-likeness (QED) is 0.846. The van der Waals surface area contributed by atoms with Crippen molar-refractivity contribution >= 4 is 0 Å². The van der Waals surface area contributed by atoms with Gasteiger partial charge in [-0.15, -0.1) is 10.2 Å². The van der Waals surface area contributed by atoms with E-state index in [1.54, 1.807) is 0 Å². The first-order valence-electron chi connectivity index (χ1n) is 8.96. The van der Waals surface area contributed by atoms with Crippen molar-refractivity contribution in [3.63, 3.8) is 0 Å². The van der Waals surface area contributed by atoms with Gasteiger partial charge in [0.1, 0.15) is 12.7 Å². The van der Waals surface area contributed by atoms with Gasteiger partial charge in [0.15, 0.2) is 11.5 Å². The van der Waals surface area contributed by atoms with Crippen molar-refractivity contribution < 1.29 is 9.47 Å². The molecule has 2 N–H and O–H groups in total. The summed E-state index contributed by atoms with van der Waals surface area (Å²) in [5, 5.41) is 8.40. The summed E-state index contributed by atoms with van der Waals surface area (Å²) in [7, 11) is 0. The molecule has 25 heavy (non-hydrogen) atoms. The first-order chi connectivity index (χ1) is 12.2. The molecule has 3 heterocycles. The fraction of sp³-hybridized carbons (Fsp3) is 0.556. The van der Waals surface area contributed by atoms with E-state index in [2.05, 4.69) is 15.1 Å². The van der Waals surface area contributed by atoms with Crippen molar-refractivity contribution in [3.05, 3.63) is 35.7 Å².